The molecule has 0 atom stereocenters. The van der Waals surface area contributed by atoms with Crippen molar-refractivity contribution in [2.45, 2.75) is 20.4 Å². The lowest BCUT2D eigenvalue weighted by atomic mass is 10.1. The van der Waals surface area contributed by atoms with Gasteiger partial charge in [-0.2, -0.15) is 0 Å². The molecule has 33 heavy (non-hydrogen) atoms. The van der Waals surface area contributed by atoms with Crippen LogP contribution in [0.3, 0.4) is 0 Å². The van der Waals surface area contributed by atoms with E-state index < -0.39 is 11.8 Å². The summed E-state index contributed by atoms with van der Waals surface area (Å²) in [6.07, 6.45) is 0. The zero-order valence-corrected chi connectivity index (χ0v) is 18.9. The third kappa shape index (κ3) is 4.66. The van der Waals surface area contributed by atoms with Crippen LogP contribution < -0.4 is 15.5 Å². The third-order valence-electron chi connectivity index (χ3n) is 5.47. The fourth-order valence-corrected chi connectivity index (χ4v) is 3.69. The van der Waals surface area contributed by atoms with Gasteiger partial charge in [0.05, 0.1) is 5.69 Å². The monoisotopic (exact) mass is 459 g/mol. The largest absolute Gasteiger partial charge is 0.350 e. The first-order chi connectivity index (χ1) is 15.8. The molecule has 166 valence electrons. The highest BCUT2D eigenvalue weighted by atomic mass is 35.5. The molecule has 0 saturated heterocycles. The van der Waals surface area contributed by atoms with Crippen LogP contribution in [0.15, 0.2) is 83.5 Å². The molecule has 4 rings (SSSR count). The Bertz CT molecular complexity index is 1280. The molecule has 0 fully saturated rings. The Morgan fingerprint density at radius 3 is 2.36 bits per heavy atom. The molecule has 0 bridgehead atoms. The highest BCUT2D eigenvalue weighted by Gasteiger charge is 2.39. The van der Waals surface area contributed by atoms with Crippen LogP contribution >= 0.6 is 11.6 Å². The molecule has 6 nitrogen and oxygen atoms in total. The number of benzene rings is 3. The SMILES string of the molecule is Cc1ccc(N2C(=O)C(Cl)=C(Nc3cccc(C(=O)NCc4ccccc4)c3)C2=O)cc1C. The van der Waals surface area contributed by atoms with Crippen LogP contribution in [0.2, 0.25) is 0 Å². The van der Waals surface area contributed by atoms with Gasteiger partial charge < -0.3 is 10.6 Å². The van der Waals surface area contributed by atoms with Crippen LogP contribution in [0, 0.1) is 13.8 Å². The Balaban J connectivity index is 1.50. The standard InChI is InChI=1S/C26H22ClN3O3/c1-16-11-12-21(13-17(16)2)30-25(32)22(27)23(26(30)33)29-20-10-6-9-19(14-20)24(31)28-15-18-7-4-3-5-8-18/h3-14,29H,15H2,1-2H3,(H,28,31). The molecule has 0 spiro atoms. The Hall–Kier alpha value is -3.90. The zero-order chi connectivity index (χ0) is 23.5. The van der Waals surface area contributed by atoms with Crippen molar-refractivity contribution in [1.82, 2.24) is 5.32 Å². The third-order valence-corrected chi connectivity index (χ3v) is 5.82. The Labute approximate surface area is 196 Å². The molecule has 3 amide bonds. The van der Waals surface area contributed by atoms with Crippen LogP contribution in [0.5, 0.6) is 0 Å². The lowest BCUT2D eigenvalue weighted by Crippen LogP contribution is -2.32. The number of hydrogen-bond donors (Lipinski definition) is 2. The number of carbonyl (C=O) groups is 3. The van der Waals surface area contributed by atoms with E-state index in [2.05, 4.69) is 10.6 Å². The topological polar surface area (TPSA) is 78.5 Å². The van der Waals surface area contributed by atoms with Crippen LogP contribution in [-0.2, 0) is 16.1 Å². The van der Waals surface area contributed by atoms with E-state index in [4.69, 9.17) is 11.6 Å². The van der Waals surface area contributed by atoms with Crippen molar-refractivity contribution >= 4 is 40.7 Å². The number of anilines is 2. The molecular formula is C26H22ClN3O3. The second-order valence-electron chi connectivity index (χ2n) is 7.78. The minimum absolute atomic E-state index is 0.0262. The van der Waals surface area contributed by atoms with Crippen LogP contribution in [0.4, 0.5) is 11.4 Å². The van der Waals surface area contributed by atoms with E-state index >= 15 is 0 Å². The molecule has 1 aliphatic heterocycles. The van der Waals surface area contributed by atoms with Crippen molar-refractivity contribution in [2.75, 3.05) is 10.2 Å². The number of amides is 3. The molecule has 2 N–H and O–H groups in total. The maximum absolute atomic E-state index is 13.0. The number of rotatable bonds is 6. The second kappa shape index (κ2) is 9.30. The van der Waals surface area contributed by atoms with Crippen molar-refractivity contribution in [1.29, 1.82) is 0 Å². The number of hydrogen-bond acceptors (Lipinski definition) is 4. The van der Waals surface area contributed by atoms with Gasteiger partial charge >= 0.3 is 0 Å². The number of imide groups is 1. The van der Waals surface area contributed by atoms with Crippen molar-refractivity contribution < 1.29 is 14.4 Å². The van der Waals surface area contributed by atoms with Gasteiger partial charge in [-0.1, -0.05) is 54.1 Å². The summed E-state index contributed by atoms with van der Waals surface area (Å²) in [4.78, 5) is 39.4. The first-order valence-corrected chi connectivity index (χ1v) is 10.8. The molecule has 3 aromatic rings. The maximum atomic E-state index is 13.0. The fourth-order valence-electron chi connectivity index (χ4n) is 3.47. The molecule has 1 heterocycles. The summed E-state index contributed by atoms with van der Waals surface area (Å²) in [5, 5.41) is 5.59. The summed E-state index contributed by atoms with van der Waals surface area (Å²) in [5.74, 6) is -1.40. The molecule has 0 aromatic heterocycles. The molecular weight excluding hydrogens is 438 g/mol. The summed E-state index contributed by atoms with van der Waals surface area (Å²) in [5.41, 5.74) is 4.31. The molecule has 7 heteroatoms. The summed E-state index contributed by atoms with van der Waals surface area (Å²) in [6.45, 7) is 4.26. The normalized spacial score (nSPS) is 13.5. The average Bonchev–Trinajstić information content (AvgIpc) is 3.03. The summed E-state index contributed by atoms with van der Waals surface area (Å²) >= 11 is 6.23. The highest BCUT2D eigenvalue weighted by molar-refractivity contribution is 6.53. The lowest BCUT2D eigenvalue weighted by Gasteiger charge is -2.16. The van der Waals surface area contributed by atoms with E-state index in [1.165, 1.54) is 0 Å². The molecule has 0 aliphatic carbocycles. The highest BCUT2D eigenvalue weighted by Crippen LogP contribution is 2.31. The van der Waals surface area contributed by atoms with Crippen LogP contribution in [-0.4, -0.2) is 17.7 Å². The van der Waals surface area contributed by atoms with E-state index in [9.17, 15) is 14.4 Å². The van der Waals surface area contributed by atoms with E-state index in [1.54, 1.807) is 36.4 Å². The van der Waals surface area contributed by atoms with Crippen LogP contribution in [0.25, 0.3) is 0 Å². The van der Waals surface area contributed by atoms with Gasteiger partial charge in [0, 0.05) is 17.8 Å². The lowest BCUT2D eigenvalue weighted by molar-refractivity contribution is -0.120. The van der Waals surface area contributed by atoms with E-state index in [0.29, 0.717) is 23.5 Å². The smallest absolute Gasteiger partial charge is 0.283 e. The van der Waals surface area contributed by atoms with Gasteiger partial charge in [0.15, 0.2) is 0 Å². The maximum Gasteiger partial charge on any atom is 0.283 e. The second-order valence-corrected chi connectivity index (χ2v) is 8.16. The van der Waals surface area contributed by atoms with Gasteiger partial charge in [-0.25, -0.2) is 4.90 Å². The Kier molecular flexibility index (Phi) is 6.29. The summed E-state index contributed by atoms with van der Waals surface area (Å²) < 4.78 is 0. The van der Waals surface area contributed by atoms with Gasteiger partial charge in [0.25, 0.3) is 17.7 Å². The van der Waals surface area contributed by atoms with Crippen molar-refractivity contribution in [3.63, 3.8) is 0 Å². The van der Waals surface area contributed by atoms with Crippen molar-refractivity contribution in [3.8, 4) is 0 Å². The summed E-state index contributed by atoms with van der Waals surface area (Å²) in [6, 6.07) is 21.6. The molecule has 1 aliphatic rings. The molecule has 0 saturated carbocycles. The average molecular weight is 460 g/mol. The predicted octanol–water partition coefficient (Wildman–Crippen LogP) is 4.67. The van der Waals surface area contributed by atoms with Crippen LogP contribution in [0.1, 0.15) is 27.0 Å². The summed E-state index contributed by atoms with van der Waals surface area (Å²) in [7, 11) is 0. The minimum Gasteiger partial charge on any atom is -0.350 e. The van der Waals surface area contributed by atoms with E-state index in [0.717, 1.165) is 21.6 Å². The minimum atomic E-state index is -0.593. The molecule has 3 aromatic carbocycles. The first-order valence-electron chi connectivity index (χ1n) is 10.4. The van der Waals surface area contributed by atoms with Gasteiger partial charge in [-0.3, -0.25) is 14.4 Å². The predicted molar refractivity (Wildman–Crippen MR) is 129 cm³/mol. The number of aryl methyl sites for hydroxylation is 2. The van der Waals surface area contributed by atoms with E-state index in [1.807, 2.05) is 50.2 Å². The van der Waals surface area contributed by atoms with Crippen molar-refractivity contribution in [3.05, 3.63) is 106 Å². The number of carbonyl (C=O) groups excluding carboxylic acids is 3. The Morgan fingerprint density at radius 1 is 0.879 bits per heavy atom. The van der Waals surface area contributed by atoms with E-state index in [-0.39, 0.29) is 16.6 Å². The fraction of sp³-hybridized carbons (Fsp3) is 0.115. The van der Waals surface area contributed by atoms with Crippen molar-refractivity contribution in [2.24, 2.45) is 0 Å². The zero-order valence-electron chi connectivity index (χ0n) is 18.2. The number of nitrogens with zero attached hydrogens (tertiary/aromatic N) is 1. The molecule has 0 radical (unpaired) electrons. The Morgan fingerprint density at radius 2 is 1.64 bits per heavy atom. The van der Waals surface area contributed by atoms with Gasteiger partial charge in [-0.15, -0.1) is 0 Å². The van der Waals surface area contributed by atoms with Gasteiger partial charge in [0.1, 0.15) is 10.7 Å². The van der Waals surface area contributed by atoms with Gasteiger partial charge in [0.2, 0.25) is 0 Å². The van der Waals surface area contributed by atoms with Gasteiger partial charge in [-0.05, 0) is 60.9 Å². The first kappa shape index (κ1) is 22.3. The molecule has 0 unspecified atom stereocenters. The quantitative estimate of drug-likeness (QED) is 0.525. The number of halogens is 1. The number of nitrogens with one attached hydrogen (secondary N) is 2.